The van der Waals surface area contributed by atoms with Gasteiger partial charge < -0.3 is 24.9 Å². The van der Waals surface area contributed by atoms with Crippen LogP contribution < -0.4 is 15.8 Å². The lowest BCUT2D eigenvalue weighted by Gasteiger charge is -2.26. The van der Waals surface area contributed by atoms with Crippen LogP contribution in [0.4, 0.5) is 4.39 Å². The first-order chi connectivity index (χ1) is 20.3. The van der Waals surface area contributed by atoms with E-state index in [2.05, 4.69) is 10.2 Å². The van der Waals surface area contributed by atoms with Gasteiger partial charge in [-0.2, -0.15) is 0 Å². The summed E-state index contributed by atoms with van der Waals surface area (Å²) in [6.07, 6.45) is 0.448. The van der Waals surface area contributed by atoms with Crippen molar-refractivity contribution in [3.63, 3.8) is 0 Å². The maximum absolute atomic E-state index is 13.5. The van der Waals surface area contributed by atoms with Crippen molar-refractivity contribution in [2.24, 2.45) is 11.7 Å². The summed E-state index contributed by atoms with van der Waals surface area (Å²) in [5.41, 5.74) is 9.35. The number of morpholine rings is 1. The zero-order valence-electron chi connectivity index (χ0n) is 24.0. The van der Waals surface area contributed by atoms with Gasteiger partial charge in [0.05, 0.1) is 18.8 Å². The Balaban J connectivity index is 1.44. The summed E-state index contributed by atoms with van der Waals surface area (Å²) in [5, 5.41) is 3.54. The average Bonchev–Trinajstić information content (AvgIpc) is 3.36. The number of amides is 2. The number of hydrogen-bond donors (Lipinski definition) is 2. The molecule has 3 aromatic carbocycles. The standard InChI is InChI=1S/C33H36FN3O5/c1-21(2)20-36-33(39)24-6-10-28(41-16-13-37-11-14-40-15-12-37)25(19-24)17-22-3-9-29-27(18-22)30(32(35)38)31(42-29)23-4-7-26(34)8-5-23/h3-10,18-19,21H,11-17,20H2,1-2H3,(H2,35,38)(H,36,39). The number of carbonyl (C=O) groups excluding carboxylic acids is 2. The predicted octanol–water partition coefficient (Wildman–Crippen LogP) is 5.03. The normalized spacial score (nSPS) is 13.9. The van der Waals surface area contributed by atoms with Gasteiger partial charge in [0, 0.05) is 49.1 Å². The summed E-state index contributed by atoms with van der Waals surface area (Å²) < 4.78 is 31.2. The Bertz CT molecular complexity index is 1560. The Morgan fingerprint density at radius 1 is 1.05 bits per heavy atom. The number of carbonyl (C=O) groups is 2. The third kappa shape index (κ3) is 6.98. The van der Waals surface area contributed by atoms with Crippen molar-refractivity contribution in [3.8, 4) is 17.1 Å². The van der Waals surface area contributed by atoms with Gasteiger partial charge in [-0.05, 0) is 71.6 Å². The van der Waals surface area contributed by atoms with Crippen LogP contribution in [0.25, 0.3) is 22.3 Å². The Kier molecular flexibility index (Phi) is 9.19. The van der Waals surface area contributed by atoms with Gasteiger partial charge >= 0.3 is 0 Å². The molecule has 4 aromatic rings. The van der Waals surface area contributed by atoms with Gasteiger partial charge in [-0.25, -0.2) is 4.39 Å². The predicted molar refractivity (Wildman–Crippen MR) is 159 cm³/mol. The minimum absolute atomic E-state index is 0.143. The fraction of sp³-hybridized carbons (Fsp3) is 0.333. The molecular weight excluding hydrogens is 537 g/mol. The molecule has 0 spiro atoms. The number of ether oxygens (including phenoxy) is 2. The molecule has 2 heterocycles. The maximum Gasteiger partial charge on any atom is 0.253 e. The highest BCUT2D eigenvalue weighted by molar-refractivity contribution is 6.10. The van der Waals surface area contributed by atoms with E-state index in [9.17, 15) is 14.0 Å². The second-order valence-corrected chi connectivity index (χ2v) is 10.9. The van der Waals surface area contributed by atoms with Crippen molar-refractivity contribution in [2.45, 2.75) is 20.3 Å². The first kappa shape index (κ1) is 29.3. The number of nitrogens with one attached hydrogen (secondary N) is 1. The molecule has 0 saturated carbocycles. The first-order valence-corrected chi connectivity index (χ1v) is 14.2. The average molecular weight is 574 g/mol. The van der Waals surface area contributed by atoms with Crippen molar-refractivity contribution in [2.75, 3.05) is 46.0 Å². The number of nitrogens with two attached hydrogens (primary N) is 1. The molecule has 8 nitrogen and oxygen atoms in total. The van der Waals surface area contributed by atoms with Crippen LogP contribution >= 0.6 is 0 Å². The molecule has 0 bridgehead atoms. The molecular formula is C33H36FN3O5. The van der Waals surface area contributed by atoms with Crippen LogP contribution in [-0.4, -0.2) is 62.7 Å². The highest BCUT2D eigenvalue weighted by Gasteiger charge is 2.21. The summed E-state index contributed by atoms with van der Waals surface area (Å²) >= 11 is 0. The van der Waals surface area contributed by atoms with Gasteiger partial charge in [0.2, 0.25) is 0 Å². The van der Waals surface area contributed by atoms with E-state index in [1.807, 2.05) is 38.1 Å². The molecule has 42 heavy (non-hydrogen) atoms. The molecule has 2 amide bonds. The number of rotatable bonds is 11. The fourth-order valence-electron chi connectivity index (χ4n) is 5.03. The molecule has 1 saturated heterocycles. The number of fused-ring (bicyclic) bond motifs is 1. The van der Waals surface area contributed by atoms with E-state index in [0.29, 0.717) is 59.1 Å². The molecule has 9 heteroatoms. The van der Waals surface area contributed by atoms with Gasteiger partial charge in [0.1, 0.15) is 29.5 Å². The van der Waals surface area contributed by atoms with Crippen LogP contribution in [0, 0.1) is 11.7 Å². The molecule has 1 aromatic heterocycles. The molecule has 5 rings (SSSR count). The minimum atomic E-state index is -0.638. The van der Waals surface area contributed by atoms with Crippen molar-refractivity contribution < 1.29 is 27.9 Å². The molecule has 0 unspecified atom stereocenters. The van der Waals surface area contributed by atoms with Gasteiger partial charge in [-0.1, -0.05) is 19.9 Å². The van der Waals surface area contributed by atoms with Crippen LogP contribution in [-0.2, 0) is 11.2 Å². The second kappa shape index (κ2) is 13.2. The topological polar surface area (TPSA) is 107 Å². The lowest BCUT2D eigenvalue weighted by Crippen LogP contribution is -2.38. The van der Waals surface area contributed by atoms with Crippen molar-refractivity contribution in [1.29, 1.82) is 0 Å². The molecule has 1 aliphatic rings. The number of hydrogen-bond acceptors (Lipinski definition) is 6. The van der Waals surface area contributed by atoms with Crippen LogP contribution in [0.3, 0.4) is 0 Å². The van der Waals surface area contributed by atoms with Gasteiger partial charge in [0.25, 0.3) is 11.8 Å². The molecule has 0 radical (unpaired) electrons. The SMILES string of the molecule is CC(C)CNC(=O)c1ccc(OCCN2CCOCC2)c(Cc2ccc3oc(-c4ccc(F)cc4)c(C(N)=O)c3c2)c1. The maximum atomic E-state index is 13.5. The monoisotopic (exact) mass is 573 g/mol. The zero-order valence-corrected chi connectivity index (χ0v) is 24.0. The lowest BCUT2D eigenvalue weighted by atomic mass is 9.98. The number of halogens is 1. The minimum Gasteiger partial charge on any atom is -0.492 e. The lowest BCUT2D eigenvalue weighted by molar-refractivity contribution is 0.0322. The van der Waals surface area contributed by atoms with Crippen molar-refractivity contribution in [1.82, 2.24) is 10.2 Å². The molecule has 0 aliphatic carbocycles. The highest BCUT2D eigenvalue weighted by Crippen LogP contribution is 2.35. The van der Waals surface area contributed by atoms with Crippen LogP contribution in [0.5, 0.6) is 5.75 Å². The smallest absolute Gasteiger partial charge is 0.253 e. The van der Waals surface area contributed by atoms with Crippen LogP contribution in [0.15, 0.2) is 65.1 Å². The summed E-state index contributed by atoms with van der Waals surface area (Å²) in [5.74, 6) is 0.151. The van der Waals surface area contributed by atoms with E-state index >= 15 is 0 Å². The third-order valence-corrected chi connectivity index (χ3v) is 7.26. The summed E-state index contributed by atoms with van der Waals surface area (Å²) in [7, 11) is 0. The number of primary amides is 1. The van der Waals surface area contributed by atoms with E-state index < -0.39 is 5.91 Å². The van der Waals surface area contributed by atoms with E-state index in [1.165, 1.54) is 12.1 Å². The second-order valence-electron chi connectivity index (χ2n) is 10.9. The van der Waals surface area contributed by atoms with Gasteiger partial charge in [-0.3, -0.25) is 14.5 Å². The van der Waals surface area contributed by atoms with E-state index in [1.54, 1.807) is 24.3 Å². The number of nitrogens with zero attached hydrogens (tertiary/aromatic N) is 1. The molecule has 1 aliphatic heterocycles. The fourth-order valence-corrected chi connectivity index (χ4v) is 5.03. The molecule has 1 fully saturated rings. The quantitative estimate of drug-likeness (QED) is 0.261. The molecule has 3 N–H and O–H groups in total. The van der Waals surface area contributed by atoms with Crippen molar-refractivity contribution in [3.05, 3.63) is 88.7 Å². The van der Waals surface area contributed by atoms with Crippen LogP contribution in [0.1, 0.15) is 45.7 Å². The first-order valence-electron chi connectivity index (χ1n) is 14.2. The summed E-state index contributed by atoms with van der Waals surface area (Å²) in [4.78, 5) is 27.7. The zero-order chi connectivity index (χ0) is 29.6. The van der Waals surface area contributed by atoms with Gasteiger partial charge in [-0.15, -0.1) is 0 Å². The number of benzene rings is 3. The Morgan fingerprint density at radius 2 is 1.81 bits per heavy atom. The Labute approximate surface area is 244 Å². The Hall–Kier alpha value is -4.21. The van der Waals surface area contributed by atoms with Crippen LogP contribution in [0.2, 0.25) is 0 Å². The summed E-state index contributed by atoms with van der Waals surface area (Å²) in [6, 6.07) is 16.8. The molecule has 0 atom stereocenters. The third-order valence-electron chi connectivity index (χ3n) is 7.26. The Morgan fingerprint density at radius 3 is 2.52 bits per heavy atom. The largest absolute Gasteiger partial charge is 0.492 e. The number of furan rings is 1. The van der Waals surface area contributed by atoms with E-state index in [0.717, 1.165) is 44.0 Å². The summed E-state index contributed by atoms with van der Waals surface area (Å²) in [6.45, 7) is 9.13. The van der Waals surface area contributed by atoms with Gasteiger partial charge in [0.15, 0.2) is 0 Å². The molecule has 220 valence electrons. The van der Waals surface area contributed by atoms with E-state index in [4.69, 9.17) is 19.6 Å². The van der Waals surface area contributed by atoms with Crippen molar-refractivity contribution >= 4 is 22.8 Å². The highest BCUT2D eigenvalue weighted by atomic mass is 19.1. The van der Waals surface area contributed by atoms with E-state index in [-0.39, 0.29) is 17.3 Å².